The Morgan fingerprint density at radius 3 is 2.52 bits per heavy atom. The first-order valence-electron chi connectivity index (χ1n) is 5.16. The van der Waals surface area contributed by atoms with Gasteiger partial charge in [0.1, 0.15) is 9.50 Å². The molecule has 0 unspecified atom stereocenters. The van der Waals surface area contributed by atoms with E-state index in [0.29, 0.717) is 4.60 Å². The molecule has 1 aromatic heterocycles. The number of hydrogen-bond acceptors (Lipinski definition) is 5. The molecule has 3 N–H and O–H groups in total. The van der Waals surface area contributed by atoms with E-state index in [1.165, 1.54) is 18.3 Å². The van der Waals surface area contributed by atoms with E-state index in [1.54, 1.807) is 0 Å². The monoisotopic (exact) mass is 518 g/mol. The molecular formula is C10H6Br3ClN4O2S. The summed E-state index contributed by atoms with van der Waals surface area (Å²) >= 11 is 15.2. The van der Waals surface area contributed by atoms with Crippen LogP contribution in [0.1, 0.15) is 0 Å². The molecule has 2 rings (SSSR count). The number of hydrogen-bond donors (Lipinski definition) is 2. The van der Waals surface area contributed by atoms with Crippen molar-refractivity contribution < 1.29 is 8.42 Å². The lowest BCUT2D eigenvalue weighted by atomic mass is 10.3. The summed E-state index contributed by atoms with van der Waals surface area (Å²) < 4.78 is 28.1. The maximum atomic E-state index is 12.4. The lowest BCUT2D eigenvalue weighted by molar-refractivity contribution is 0.600. The van der Waals surface area contributed by atoms with Gasteiger partial charge in [-0.2, -0.15) is 0 Å². The van der Waals surface area contributed by atoms with Crippen molar-refractivity contribution in [1.82, 2.24) is 9.97 Å². The molecule has 1 heterocycles. The van der Waals surface area contributed by atoms with Crippen LogP contribution in [0.4, 0.5) is 11.5 Å². The smallest absolute Gasteiger partial charge is 0.264 e. The van der Waals surface area contributed by atoms with Crippen LogP contribution in [0.2, 0.25) is 5.02 Å². The number of nitrogen functional groups attached to an aromatic ring is 1. The number of benzene rings is 1. The van der Waals surface area contributed by atoms with E-state index in [9.17, 15) is 8.42 Å². The van der Waals surface area contributed by atoms with Crippen LogP contribution >= 0.6 is 59.4 Å². The first-order chi connectivity index (χ1) is 9.70. The highest BCUT2D eigenvalue weighted by molar-refractivity contribution is 9.11. The number of anilines is 2. The molecule has 0 bridgehead atoms. The number of nitrogens with two attached hydrogens (primary N) is 1. The minimum atomic E-state index is -3.93. The normalized spacial score (nSPS) is 11.4. The molecule has 0 atom stereocenters. The largest absolute Gasteiger partial charge is 0.398 e. The van der Waals surface area contributed by atoms with Crippen LogP contribution < -0.4 is 10.5 Å². The van der Waals surface area contributed by atoms with Crippen molar-refractivity contribution in [3.63, 3.8) is 0 Å². The number of halogens is 4. The Labute approximate surface area is 150 Å². The maximum absolute atomic E-state index is 12.4. The topological polar surface area (TPSA) is 98.0 Å². The van der Waals surface area contributed by atoms with Gasteiger partial charge < -0.3 is 5.73 Å². The zero-order valence-electron chi connectivity index (χ0n) is 9.94. The number of nitrogens with one attached hydrogen (secondary N) is 1. The highest BCUT2D eigenvalue weighted by atomic mass is 79.9. The predicted octanol–water partition coefficient (Wildman–Crippen LogP) is 3.80. The van der Waals surface area contributed by atoms with Crippen LogP contribution in [0.15, 0.2) is 36.9 Å². The van der Waals surface area contributed by atoms with Crippen molar-refractivity contribution in [2.24, 2.45) is 0 Å². The average Bonchev–Trinajstić information content (AvgIpc) is 2.37. The zero-order valence-corrected chi connectivity index (χ0v) is 16.3. The summed E-state index contributed by atoms with van der Waals surface area (Å²) in [5, 5.41) is 0.206. The number of rotatable bonds is 3. The van der Waals surface area contributed by atoms with Gasteiger partial charge in [-0.15, -0.1) is 0 Å². The molecule has 112 valence electrons. The van der Waals surface area contributed by atoms with Crippen molar-refractivity contribution in [3.8, 4) is 0 Å². The van der Waals surface area contributed by atoms with Gasteiger partial charge in [-0.25, -0.2) is 18.4 Å². The second kappa shape index (κ2) is 6.37. The lowest BCUT2D eigenvalue weighted by Crippen LogP contribution is -2.16. The van der Waals surface area contributed by atoms with Crippen molar-refractivity contribution in [2.75, 3.05) is 10.5 Å². The molecule has 0 fully saturated rings. The Kier molecular flexibility index (Phi) is 5.14. The van der Waals surface area contributed by atoms with Crippen LogP contribution in [-0.4, -0.2) is 18.4 Å². The fraction of sp³-hybridized carbons (Fsp3) is 0. The summed E-state index contributed by atoms with van der Waals surface area (Å²) in [5.74, 6) is 0.0450. The summed E-state index contributed by atoms with van der Waals surface area (Å²) in [4.78, 5) is 7.83. The fourth-order valence-corrected chi connectivity index (χ4v) is 4.73. The van der Waals surface area contributed by atoms with Gasteiger partial charge in [-0.3, -0.25) is 4.72 Å². The van der Waals surface area contributed by atoms with Crippen molar-refractivity contribution in [3.05, 3.63) is 37.0 Å². The Bertz CT molecular complexity index is 816. The first-order valence-corrected chi connectivity index (χ1v) is 9.40. The average molecular weight is 521 g/mol. The molecule has 0 saturated carbocycles. The standard InChI is InChI=1S/C10H6Br3ClN4O2S/c11-7-3-16-10(9(13)17-7)18-21(19,20)6-2-4(14)1-5(15)8(6)12/h1-3H,15H2,(H,16,18). The second-order valence-corrected chi connectivity index (χ2v) is 8.19. The molecule has 11 heteroatoms. The third-order valence-electron chi connectivity index (χ3n) is 2.25. The summed E-state index contributed by atoms with van der Waals surface area (Å²) in [6, 6.07) is 2.73. The van der Waals surface area contributed by atoms with E-state index in [-0.39, 0.29) is 30.5 Å². The minimum Gasteiger partial charge on any atom is -0.398 e. The van der Waals surface area contributed by atoms with E-state index in [0.717, 1.165) is 0 Å². The van der Waals surface area contributed by atoms with Gasteiger partial charge in [-0.1, -0.05) is 11.6 Å². The Morgan fingerprint density at radius 2 is 1.90 bits per heavy atom. The van der Waals surface area contributed by atoms with Crippen molar-refractivity contribution >= 4 is 80.9 Å². The molecular weight excluding hydrogens is 515 g/mol. The SMILES string of the molecule is Nc1cc(Cl)cc(S(=O)(=O)Nc2ncc(Br)nc2Br)c1Br. The van der Waals surface area contributed by atoms with E-state index < -0.39 is 10.0 Å². The molecule has 0 spiro atoms. The quantitative estimate of drug-likeness (QED) is 0.599. The van der Waals surface area contributed by atoms with Gasteiger partial charge in [0.05, 0.1) is 10.7 Å². The Hall–Kier alpha value is -0.420. The molecule has 0 aliphatic heterocycles. The fourth-order valence-electron chi connectivity index (χ4n) is 1.38. The van der Waals surface area contributed by atoms with Crippen molar-refractivity contribution in [1.29, 1.82) is 0 Å². The van der Waals surface area contributed by atoms with Crippen molar-refractivity contribution in [2.45, 2.75) is 4.90 Å². The van der Waals surface area contributed by atoms with Crippen LogP contribution in [0, 0.1) is 0 Å². The predicted molar refractivity (Wildman–Crippen MR) is 91.8 cm³/mol. The maximum Gasteiger partial charge on any atom is 0.264 e. The number of nitrogens with zero attached hydrogens (tertiary/aromatic N) is 2. The van der Waals surface area contributed by atoms with Gasteiger partial charge in [0.25, 0.3) is 10.0 Å². The van der Waals surface area contributed by atoms with E-state index in [2.05, 4.69) is 62.5 Å². The Balaban J connectivity index is 2.48. The lowest BCUT2D eigenvalue weighted by Gasteiger charge is -2.11. The molecule has 0 aliphatic rings. The highest BCUT2D eigenvalue weighted by Crippen LogP contribution is 2.33. The third kappa shape index (κ3) is 3.86. The first kappa shape index (κ1) is 16.9. The summed E-state index contributed by atoms with van der Waals surface area (Å²) in [6.45, 7) is 0. The van der Waals surface area contributed by atoms with Gasteiger partial charge >= 0.3 is 0 Å². The number of aromatic nitrogens is 2. The summed E-state index contributed by atoms with van der Waals surface area (Å²) in [6.07, 6.45) is 1.37. The van der Waals surface area contributed by atoms with Crippen LogP contribution in [0.25, 0.3) is 0 Å². The highest BCUT2D eigenvalue weighted by Gasteiger charge is 2.22. The molecule has 1 aromatic carbocycles. The molecule has 6 nitrogen and oxygen atoms in total. The molecule has 0 saturated heterocycles. The Morgan fingerprint density at radius 1 is 1.24 bits per heavy atom. The molecule has 2 aromatic rings. The van der Waals surface area contributed by atoms with E-state index >= 15 is 0 Å². The molecule has 0 amide bonds. The molecule has 0 aliphatic carbocycles. The number of sulfonamides is 1. The summed E-state index contributed by atoms with van der Waals surface area (Å²) in [5.41, 5.74) is 5.91. The van der Waals surface area contributed by atoms with Crippen LogP contribution in [0.3, 0.4) is 0 Å². The van der Waals surface area contributed by atoms with Gasteiger partial charge in [0, 0.05) is 10.7 Å². The van der Waals surface area contributed by atoms with E-state index in [1.807, 2.05) is 0 Å². The van der Waals surface area contributed by atoms with Gasteiger partial charge in [0.15, 0.2) is 10.4 Å². The van der Waals surface area contributed by atoms with Gasteiger partial charge in [-0.05, 0) is 59.9 Å². The van der Waals surface area contributed by atoms with E-state index in [4.69, 9.17) is 17.3 Å². The molecule has 21 heavy (non-hydrogen) atoms. The van der Waals surface area contributed by atoms with Crippen LogP contribution in [-0.2, 0) is 10.0 Å². The minimum absolute atomic E-state index is 0.0450. The zero-order chi connectivity index (χ0) is 15.8. The third-order valence-corrected chi connectivity index (χ3v) is 5.92. The summed E-state index contributed by atoms with van der Waals surface area (Å²) in [7, 11) is -3.93. The molecule has 0 radical (unpaired) electrons. The van der Waals surface area contributed by atoms with Crippen LogP contribution in [0.5, 0.6) is 0 Å². The second-order valence-electron chi connectivity index (χ2n) is 3.74. The van der Waals surface area contributed by atoms with Gasteiger partial charge in [0.2, 0.25) is 0 Å².